The highest BCUT2D eigenvalue weighted by molar-refractivity contribution is 5.37. The number of nitrogens with one attached hydrogen (secondary N) is 1. The van der Waals surface area contributed by atoms with Crippen LogP contribution in [-0.2, 0) is 6.54 Å². The van der Waals surface area contributed by atoms with Crippen molar-refractivity contribution in [3.8, 4) is 17.6 Å². The minimum atomic E-state index is 0.455. The van der Waals surface area contributed by atoms with Gasteiger partial charge in [0.05, 0.1) is 0 Å². The number of ether oxygens (including phenoxy) is 1. The van der Waals surface area contributed by atoms with Gasteiger partial charge in [-0.05, 0) is 27.0 Å². The fraction of sp³-hybridized carbons (Fsp3) is 0.385. The molecule has 1 rings (SSSR count). The molecule has 0 aliphatic carbocycles. The summed E-state index contributed by atoms with van der Waals surface area (Å²) in [4.78, 5) is 0. The van der Waals surface area contributed by atoms with Gasteiger partial charge in [-0.3, -0.25) is 0 Å². The first kappa shape index (κ1) is 11.6. The molecule has 0 amide bonds. The van der Waals surface area contributed by atoms with Gasteiger partial charge in [0.25, 0.3) is 0 Å². The fourth-order valence-electron chi connectivity index (χ4n) is 1.36. The molecule has 0 bridgehead atoms. The first-order valence-corrected chi connectivity index (χ1v) is 5.04. The van der Waals surface area contributed by atoms with Crippen LogP contribution in [-0.4, -0.2) is 13.7 Å². The molecule has 2 heteroatoms. The van der Waals surface area contributed by atoms with Crippen LogP contribution in [0.15, 0.2) is 18.2 Å². The summed E-state index contributed by atoms with van der Waals surface area (Å²) < 4.78 is 5.57. The molecule has 1 aromatic carbocycles. The van der Waals surface area contributed by atoms with Crippen molar-refractivity contribution in [1.29, 1.82) is 0 Å². The molecule has 0 unspecified atom stereocenters. The Hall–Kier alpha value is -1.46. The predicted molar refractivity (Wildman–Crippen MR) is 62.9 cm³/mol. The second kappa shape index (κ2) is 6.10. The van der Waals surface area contributed by atoms with Crippen molar-refractivity contribution >= 4 is 0 Å². The van der Waals surface area contributed by atoms with E-state index in [0.717, 1.165) is 12.3 Å². The molecule has 0 saturated carbocycles. The molecule has 0 fully saturated rings. The van der Waals surface area contributed by atoms with Gasteiger partial charge < -0.3 is 10.1 Å². The van der Waals surface area contributed by atoms with E-state index in [0.29, 0.717) is 6.61 Å². The Bertz CT molecular complexity index is 374. The van der Waals surface area contributed by atoms with E-state index in [1.54, 1.807) is 0 Å². The molecule has 1 N–H and O–H groups in total. The standard InChI is InChI=1S/C13H17NO/c1-4-5-8-15-13-7-6-11(2)9-12(13)10-14-3/h6-7,9,14H,8,10H2,1-3H3. The molecule has 80 valence electrons. The molecule has 0 radical (unpaired) electrons. The molecular formula is C13H17NO. The highest BCUT2D eigenvalue weighted by Crippen LogP contribution is 2.19. The second-order valence-corrected chi connectivity index (χ2v) is 3.36. The molecular weight excluding hydrogens is 186 g/mol. The zero-order valence-corrected chi connectivity index (χ0v) is 9.55. The summed E-state index contributed by atoms with van der Waals surface area (Å²) in [5.41, 5.74) is 2.42. The number of rotatable bonds is 4. The number of hydrogen-bond donors (Lipinski definition) is 1. The first-order valence-electron chi connectivity index (χ1n) is 5.04. The van der Waals surface area contributed by atoms with Crippen molar-refractivity contribution in [2.75, 3.05) is 13.7 Å². The Balaban J connectivity index is 2.78. The van der Waals surface area contributed by atoms with Crippen molar-refractivity contribution in [3.63, 3.8) is 0 Å². The molecule has 0 atom stereocenters. The highest BCUT2D eigenvalue weighted by atomic mass is 16.5. The Morgan fingerprint density at radius 3 is 2.87 bits per heavy atom. The van der Waals surface area contributed by atoms with Crippen LogP contribution < -0.4 is 10.1 Å². The smallest absolute Gasteiger partial charge is 0.149 e. The summed E-state index contributed by atoms with van der Waals surface area (Å²) in [6, 6.07) is 6.18. The van der Waals surface area contributed by atoms with E-state index in [1.165, 1.54) is 11.1 Å². The molecule has 1 aromatic rings. The lowest BCUT2D eigenvalue weighted by atomic mass is 10.1. The normalized spacial score (nSPS) is 9.27. The average Bonchev–Trinajstić information content (AvgIpc) is 2.22. The van der Waals surface area contributed by atoms with Crippen LogP contribution in [0.4, 0.5) is 0 Å². The zero-order chi connectivity index (χ0) is 11.1. The van der Waals surface area contributed by atoms with Crippen molar-refractivity contribution in [1.82, 2.24) is 5.32 Å². The SMILES string of the molecule is CC#CCOc1ccc(C)cc1CNC. The molecule has 0 aliphatic rings. The Morgan fingerprint density at radius 2 is 2.20 bits per heavy atom. The van der Waals surface area contributed by atoms with Gasteiger partial charge in [-0.1, -0.05) is 23.6 Å². The van der Waals surface area contributed by atoms with E-state index in [4.69, 9.17) is 4.74 Å². The van der Waals surface area contributed by atoms with Crippen LogP contribution in [0, 0.1) is 18.8 Å². The molecule has 0 aliphatic heterocycles. The van der Waals surface area contributed by atoms with Gasteiger partial charge in [-0.15, -0.1) is 5.92 Å². The molecule has 2 nitrogen and oxygen atoms in total. The molecule has 0 spiro atoms. The summed E-state index contributed by atoms with van der Waals surface area (Å²) in [6.07, 6.45) is 0. The first-order chi connectivity index (χ1) is 7.27. The minimum absolute atomic E-state index is 0.455. The van der Waals surface area contributed by atoms with Crippen molar-refractivity contribution in [2.24, 2.45) is 0 Å². The third-order valence-corrected chi connectivity index (χ3v) is 2.06. The van der Waals surface area contributed by atoms with Crippen molar-refractivity contribution < 1.29 is 4.74 Å². The van der Waals surface area contributed by atoms with Crippen molar-refractivity contribution in [2.45, 2.75) is 20.4 Å². The topological polar surface area (TPSA) is 21.3 Å². The van der Waals surface area contributed by atoms with Gasteiger partial charge in [0.15, 0.2) is 0 Å². The Morgan fingerprint density at radius 1 is 1.40 bits per heavy atom. The lowest BCUT2D eigenvalue weighted by molar-refractivity contribution is 0.365. The molecule has 0 saturated heterocycles. The van der Waals surface area contributed by atoms with E-state index >= 15 is 0 Å². The molecule has 0 aromatic heterocycles. The van der Waals surface area contributed by atoms with E-state index < -0.39 is 0 Å². The minimum Gasteiger partial charge on any atom is -0.481 e. The van der Waals surface area contributed by atoms with E-state index in [9.17, 15) is 0 Å². The number of aryl methyl sites for hydroxylation is 1. The van der Waals surface area contributed by atoms with E-state index in [2.05, 4.69) is 30.1 Å². The molecule has 0 heterocycles. The Kier molecular flexibility index (Phi) is 4.73. The van der Waals surface area contributed by atoms with Crippen molar-refractivity contribution in [3.05, 3.63) is 29.3 Å². The Labute approximate surface area is 91.6 Å². The highest BCUT2D eigenvalue weighted by Gasteiger charge is 2.02. The third kappa shape index (κ3) is 3.65. The van der Waals surface area contributed by atoms with Gasteiger partial charge >= 0.3 is 0 Å². The summed E-state index contributed by atoms with van der Waals surface area (Å²) in [5, 5.41) is 3.13. The molecule has 15 heavy (non-hydrogen) atoms. The van der Waals surface area contributed by atoms with Gasteiger partial charge in [-0.2, -0.15) is 0 Å². The van der Waals surface area contributed by atoms with Crippen LogP contribution in [0.25, 0.3) is 0 Å². The maximum atomic E-state index is 5.57. The summed E-state index contributed by atoms with van der Waals surface area (Å²) in [5.74, 6) is 6.61. The van der Waals surface area contributed by atoms with Crippen LogP contribution in [0.5, 0.6) is 5.75 Å². The van der Waals surface area contributed by atoms with Gasteiger partial charge in [0, 0.05) is 12.1 Å². The maximum absolute atomic E-state index is 5.57. The van der Waals surface area contributed by atoms with E-state index in [1.807, 2.05) is 26.1 Å². The monoisotopic (exact) mass is 203 g/mol. The van der Waals surface area contributed by atoms with Crippen LogP contribution in [0.3, 0.4) is 0 Å². The van der Waals surface area contributed by atoms with Crippen LogP contribution >= 0.6 is 0 Å². The number of benzene rings is 1. The largest absolute Gasteiger partial charge is 0.481 e. The average molecular weight is 203 g/mol. The number of hydrogen-bond acceptors (Lipinski definition) is 2. The van der Waals surface area contributed by atoms with Gasteiger partial charge in [-0.25, -0.2) is 0 Å². The lowest BCUT2D eigenvalue weighted by Gasteiger charge is -2.10. The summed E-state index contributed by atoms with van der Waals surface area (Å²) in [6.45, 7) is 5.16. The van der Waals surface area contributed by atoms with Crippen LogP contribution in [0.1, 0.15) is 18.1 Å². The maximum Gasteiger partial charge on any atom is 0.149 e. The van der Waals surface area contributed by atoms with Gasteiger partial charge in [0.1, 0.15) is 12.4 Å². The summed E-state index contributed by atoms with van der Waals surface area (Å²) >= 11 is 0. The van der Waals surface area contributed by atoms with E-state index in [-0.39, 0.29) is 0 Å². The van der Waals surface area contributed by atoms with Gasteiger partial charge in [0.2, 0.25) is 0 Å². The zero-order valence-electron chi connectivity index (χ0n) is 9.55. The second-order valence-electron chi connectivity index (χ2n) is 3.36. The predicted octanol–water partition coefficient (Wildman–Crippen LogP) is 2.12. The summed E-state index contributed by atoms with van der Waals surface area (Å²) in [7, 11) is 1.93. The third-order valence-electron chi connectivity index (χ3n) is 2.06. The fourth-order valence-corrected chi connectivity index (χ4v) is 1.36. The van der Waals surface area contributed by atoms with Crippen LogP contribution in [0.2, 0.25) is 0 Å². The lowest BCUT2D eigenvalue weighted by Crippen LogP contribution is -2.08. The quantitative estimate of drug-likeness (QED) is 0.757.